The second-order valence-electron chi connectivity index (χ2n) is 5.38. The van der Waals surface area contributed by atoms with Gasteiger partial charge in [0.05, 0.1) is 6.10 Å². The molecule has 1 saturated heterocycles. The average Bonchev–Trinajstić information content (AvgIpc) is 3.25. The Hall–Kier alpha value is -1.13. The molecule has 4 heteroatoms. The standard InChI is InChI=1S/C14H21N3O/c18-13(12-4-5-12)11-16-7-9-17(10-8-16)14-3-1-2-6-15-14/h1-3,6,12-13,18H,4-5,7-11H2/t13-/m1/s1. The maximum Gasteiger partial charge on any atom is 0.128 e. The van der Waals surface area contributed by atoms with Gasteiger partial charge < -0.3 is 10.0 Å². The molecule has 0 bridgehead atoms. The van der Waals surface area contributed by atoms with E-state index in [-0.39, 0.29) is 6.10 Å². The highest BCUT2D eigenvalue weighted by Gasteiger charge is 2.31. The summed E-state index contributed by atoms with van der Waals surface area (Å²) in [7, 11) is 0. The lowest BCUT2D eigenvalue weighted by Gasteiger charge is -2.36. The first-order valence-electron chi connectivity index (χ1n) is 6.89. The average molecular weight is 247 g/mol. The van der Waals surface area contributed by atoms with Gasteiger partial charge in [0, 0.05) is 38.9 Å². The maximum atomic E-state index is 9.96. The van der Waals surface area contributed by atoms with Crippen LogP contribution in [0.3, 0.4) is 0 Å². The number of aromatic nitrogens is 1. The van der Waals surface area contributed by atoms with Crippen molar-refractivity contribution in [1.29, 1.82) is 0 Å². The molecule has 4 nitrogen and oxygen atoms in total. The second-order valence-corrected chi connectivity index (χ2v) is 5.38. The number of nitrogens with zero attached hydrogens (tertiary/aromatic N) is 3. The minimum atomic E-state index is -0.105. The summed E-state index contributed by atoms with van der Waals surface area (Å²) in [5.41, 5.74) is 0. The Morgan fingerprint density at radius 2 is 2.00 bits per heavy atom. The summed E-state index contributed by atoms with van der Waals surface area (Å²) in [4.78, 5) is 9.08. The Balaban J connectivity index is 1.48. The molecule has 1 atom stereocenters. The fourth-order valence-electron chi connectivity index (χ4n) is 2.59. The third-order valence-corrected chi connectivity index (χ3v) is 3.96. The van der Waals surface area contributed by atoms with E-state index in [2.05, 4.69) is 20.9 Å². The summed E-state index contributed by atoms with van der Waals surface area (Å²) in [6, 6.07) is 6.05. The fraction of sp³-hybridized carbons (Fsp3) is 0.643. The van der Waals surface area contributed by atoms with E-state index in [1.54, 1.807) is 0 Å². The topological polar surface area (TPSA) is 39.6 Å². The van der Waals surface area contributed by atoms with Crippen LogP contribution in [0.15, 0.2) is 24.4 Å². The van der Waals surface area contributed by atoms with Gasteiger partial charge in [0.15, 0.2) is 0 Å². The second kappa shape index (κ2) is 5.24. The Labute approximate surface area is 108 Å². The lowest BCUT2D eigenvalue weighted by atomic mass is 10.2. The lowest BCUT2D eigenvalue weighted by molar-refractivity contribution is 0.0921. The van der Waals surface area contributed by atoms with E-state index in [0.717, 1.165) is 38.5 Å². The summed E-state index contributed by atoms with van der Waals surface area (Å²) in [5, 5.41) is 9.96. The zero-order valence-corrected chi connectivity index (χ0v) is 10.7. The minimum Gasteiger partial charge on any atom is -0.392 e. The molecule has 0 amide bonds. The molecule has 2 heterocycles. The molecule has 3 rings (SSSR count). The van der Waals surface area contributed by atoms with Crippen molar-refractivity contribution in [2.24, 2.45) is 5.92 Å². The Morgan fingerprint density at radius 1 is 1.22 bits per heavy atom. The van der Waals surface area contributed by atoms with E-state index in [0.29, 0.717) is 5.92 Å². The molecule has 1 aromatic rings. The molecular weight excluding hydrogens is 226 g/mol. The summed E-state index contributed by atoms with van der Waals surface area (Å²) in [6.07, 6.45) is 4.18. The van der Waals surface area contributed by atoms with Crippen molar-refractivity contribution in [1.82, 2.24) is 9.88 Å². The third-order valence-electron chi connectivity index (χ3n) is 3.96. The van der Waals surface area contributed by atoms with Crippen molar-refractivity contribution in [3.8, 4) is 0 Å². The quantitative estimate of drug-likeness (QED) is 0.861. The van der Waals surface area contributed by atoms with Gasteiger partial charge in [0.25, 0.3) is 0 Å². The minimum absolute atomic E-state index is 0.105. The molecule has 0 radical (unpaired) electrons. The molecule has 1 aromatic heterocycles. The van der Waals surface area contributed by atoms with Gasteiger partial charge in [-0.15, -0.1) is 0 Å². The first-order valence-corrected chi connectivity index (χ1v) is 6.89. The molecule has 0 spiro atoms. The van der Waals surface area contributed by atoms with Crippen LogP contribution in [0.5, 0.6) is 0 Å². The Kier molecular flexibility index (Phi) is 3.48. The van der Waals surface area contributed by atoms with Crippen LogP contribution < -0.4 is 4.90 Å². The highest BCUT2D eigenvalue weighted by Crippen LogP contribution is 2.32. The van der Waals surface area contributed by atoms with E-state index in [9.17, 15) is 5.11 Å². The van der Waals surface area contributed by atoms with Crippen LogP contribution in [-0.4, -0.2) is 53.8 Å². The Morgan fingerprint density at radius 3 is 2.61 bits per heavy atom. The van der Waals surface area contributed by atoms with Crippen molar-refractivity contribution in [3.63, 3.8) is 0 Å². The summed E-state index contributed by atoms with van der Waals surface area (Å²) < 4.78 is 0. The van der Waals surface area contributed by atoms with Gasteiger partial charge in [0.2, 0.25) is 0 Å². The number of aliphatic hydroxyl groups excluding tert-OH is 1. The van der Waals surface area contributed by atoms with Crippen LogP contribution in [-0.2, 0) is 0 Å². The number of aliphatic hydroxyl groups is 1. The van der Waals surface area contributed by atoms with Crippen molar-refractivity contribution in [3.05, 3.63) is 24.4 Å². The largest absolute Gasteiger partial charge is 0.392 e. The number of anilines is 1. The highest BCUT2D eigenvalue weighted by atomic mass is 16.3. The zero-order chi connectivity index (χ0) is 12.4. The van der Waals surface area contributed by atoms with Gasteiger partial charge in [-0.3, -0.25) is 4.90 Å². The molecule has 1 aliphatic heterocycles. The molecule has 1 saturated carbocycles. The summed E-state index contributed by atoms with van der Waals surface area (Å²) >= 11 is 0. The van der Waals surface area contributed by atoms with Crippen LogP contribution in [0.2, 0.25) is 0 Å². The van der Waals surface area contributed by atoms with Crippen molar-refractivity contribution < 1.29 is 5.11 Å². The fourth-order valence-corrected chi connectivity index (χ4v) is 2.59. The normalized spacial score (nSPS) is 23.1. The first-order chi connectivity index (χ1) is 8.83. The predicted molar refractivity (Wildman–Crippen MR) is 71.6 cm³/mol. The molecule has 18 heavy (non-hydrogen) atoms. The summed E-state index contributed by atoms with van der Waals surface area (Å²) in [6.45, 7) is 4.92. The van der Waals surface area contributed by atoms with Crippen molar-refractivity contribution in [2.45, 2.75) is 18.9 Å². The van der Waals surface area contributed by atoms with Crippen molar-refractivity contribution >= 4 is 5.82 Å². The number of β-amino-alcohol motifs (C(OH)–C–C–N with tert-alkyl or cyclic N) is 1. The van der Waals surface area contributed by atoms with Gasteiger partial charge in [0.1, 0.15) is 5.82 Å². The molecule has 2 aliphatic rings. The molecule has 0 aromatic carbocycles. The van der Waals surface area contributed by atoms with E-state index in [1.807, 2.05) is 18.3 Å². The van der Waals surface area contributed by atoms with Crippen molar-refractivity contribution in [2.75, 3.05) is 37.6 Å². The van der Waals surface area contributed by atoms with E-state index in [4.69, 9.17) is 0 Å². The number of hydrogen-bond donors (Lipinski definition) is 1. The van der Waals surface area contributed by atoms with E-state index in [1.165, 1.54) is 12.8 Å². The van der Waals surface area contributed by atoms with Gasteiger partial charge in [-0.2, -0.15) is 0 Å². The van der Waals surface area contributed by atoms with Crippen LogP contribution in [0.1, 0.15) is 12.8 Å². The van der Waals surface area contributed by atoms with Gasteiger partial charge in [-0.05, 0) is 30.9 Å². The van der Waals surface area contributed by atoms with Gasteiger partial charge >= 0.3 is 0 Å². The zero-order valence-electron chi connectivity index (χ0n) is 10.7. The third kappa shape index (κ3) is 2.82. The number of piperazine rings is 1. The maximum absolute atomic E-state index is 9.96. The number of pyridine rings is 1. The SMILES string of the molecule is O[C@H](CN1CCN(c2ccccn2)CC1)C1CC1. The first kappa shape index (κ1) is 11.9. The van der Waals surface area contributed by atoms with Crippen LogP contribution in [0.4, 0.5) is 5.82 Å². The monoisotopic (exact) mass is 247 g/mol. The Bertz CT molecular complexity index is 372. The van der Waals surface area contributed by atoms with Crippen LogP contribution >= 0.6 is 0 Å². The van der Waals surface area contributed by atoms with E-state index >= 15 is 0 Å². The smallest absolute Gasteiger partial charge is 0.128 e. The molecule has 1 N–H and O–H groups in total. The number of hydrogen-bond acceptors (Lipinski definition) is 4. The lowest BCUT2D eigenvalue weighted by Crippen LogP contribution is -2.49. The number of rotatable bonds is 4. The van der Waals surface area contributed by atoms with Gasteiger partial charge in [-0.1, -0.05) is 6.07 Å². The molecule has 0 unspecified atom stereocenters. The molecular formula is C14H21N3O. The predicted octanol–water partition coefficient (Wildman–Crippen LogP) is 0.974. The molecule has 2 fully saturated rings. The van der Waals surface area contributed by atoms with Crippen LogP contribution in [0.25, 0.3) is 0 Å². The molecule has 98 valence electrons. The van der Waals surface area contributed by atoms with Gasteiger partial charge in [-0.25, -0.2) is 4.98 Å². The highest BCUT2D eigenvalue weighted by molar-refractivity contribution is 5.38. The summed E-state index contributed by atoms with van der Waals surface area (Å²) in [5.74, 6) is 1.65. The molecule has 1 aliphatic carbocycles. The van der Waals surface area contributed by atoms with Crippen LogP contribution in [0, 0.1) is 5.92 Å². The van der Waals surface area contributed by atoms with E-state index < -0.39 is 0 Å².